The Labute approximate surface area is 56.8 Å². The number of halogens is 1. The Kier molecular flexibility index (Phi) is 5.35. The Bertz CT molecular complexity index is 55.5. The van der Waals surface area contributed by atoms with Gasteiger partial charge in [-0.25, -0.2) is 0 Å². The van der Waals surface area contributed by atoms with E-state index in [9.17, 15) is 0 Å². The van der Waals surface area contributed by atoms with Gasteiger partial charge in [-0.3, -0.25) is 0 Å². The van der Waals surface area contributed by atoms with Crippen molar-refractivity contribution in [3.05, 3.63) is 0 Å². The normalized spacial score (nSPS) is 14.3. The van der Waals surface area contributed by atoms with Crippen molar-refractivity contribution in [2.24, 2.45) is 0 Å². The van der Waals surface area contributed by atoms with Crippen molar-refractivity contribution in [2.45, 2.75) is 6.92 Å². The lowest BCUT2D eigenvalue weighted by Crippen LogP contribution is -1.82. The minimum Gasteiger partial charge on any atom is -0.304 e. The van der Waals surface area contributed by atoms with E-state index in [1.165, 1.54) is 0 Å². The van der Waals surface area contributed by atoms with Gasteiger partial charge >= 0.3 is 0 Å². The molecule has 0 aromatic heterocycles. The van der Waals surface area contributed by atoms with E-state index in [1.54, 1.807) is 0 Å². The van der Waals surface area contributed by atoms with Crippen LogP contribution in [0.3, 0.4) is 0 Å². The first-order chi connectivity index (χ1) is 2.77. The molecule has 0 rings (SSSR count). The van der Waals surface area contributed by atoms with Crippen LogP contribution in [-0.2, 0) is 22.3 Å². The second kappa shape index (κ2) is 4.42. The van der Waals surface area contributed by atoms with Crippen molar-refractivity contribution in [1.82, 2.24) is 0 Å². The molecule has 0 aromatic carbocycles. The van der Waals surface area contributed by atoms with Gasteiger partial charge in [-0.05, 0) is 18.1 Å². The molecule has 0 aromatic rings. The fraction of sp³-hybridized carbons (Fsp3) is 1.00. The second-order valence-electron chi connectivity index (χ2n) is 0.601. The molecule has 1 unspecified atom stereocenters. The molecular weight excluding hydrogens is 231 g/mol. The summed E-state index contributed by atoms with van der Waals surface area (Å²) in [5, 5.41) is 0. The fourth-order valence-electron chi connectivity index (χ4n) is 0.0927. The lowest BCUT2D eigenvalue weighted by molar-refractivity contribution is 0.405. The summed E-state index contributed by atoms with van der Waals surface area (Å²) in [5.41, 5.74) is 0. The Hall–Kier alpha value is 1.26. The first-order valence-electron chi connectivity index (χ1n) is 1.48. The smallest absolute Gasteiger partial charge is 0.0714 e. The van der Waals surface area contributed by atoms with Crippen molar-refractivity contribution >= 4 is 39.3 Å². The molecule has 0 radical (unpaired) electrons. The standard InChI is InChI=1S/C2H5IOS2/c1-2-4-6(3)5/h2H2,1H3. The zero-order chi connectivity index (χ0) is 4.99. The average molecular weight is 236 g/mol. The number of hydrogen-bond acceptors (Lipinski definition) is 2. The number of hydrogen-bond donors (Lipinski definition) is 0. The molecule has 0 bridgehead atoms. The van der Waals surface area contributed by atoms with Gasteiger partial charge < -0.3 is 4.18 Å². The highest BCUT2D eigenvalue weighted by Crippen LogP contribution is 1.94. The summed E-state index contributed by atoms with van der Waals surface area (Å²) in [6.45, 7) is 2.40. The average Bonchev–Trinajstić information content (AvgIpc) is 1.35. The Balaban J connectivity index is 2.83. The molecule has 38 valence electrons. The third-order valence-electron chi connectivity index (χ3n) is 0.211. The van der Waals surface area contributed by atoms with Gasteiger partial charge in [0.25, 0.3) is 0 Å². The summed E-state index contributed by atoms with van der Waals surface area (Å²) in [7, 11) is 0. The van der Waals surface area contributed by atoms with Crippen LogP contribution >= 0.6 is 21.2 Å². The largest absolute Gasteiger partial charge is 0.304 e. The Morgan fingerprint density at radius 3 is 2.50 bits per heavy atom. The van der Waals surface area contributed by atoms with Crippen molar-refractivity contribution in [3.8, 4) is 0 Å². The van der Waals surface area contributed by atoms with Crippen molar-refractivity contribution < 1.29 is 4.18 Å². The summed E-state index contributed by atoms with van der Waals surface area (Å²) in [5.74, 6) is 0. The lowest BCUT2D eigenvalue weighted by Gasteiger charge is -1.88. The summed E-state index contributed by atoms with van der Waals surface area (Å²) in [6.07, 6.45) is 0. The molecule has 0 amide bonds. The number of rotatable bonds is 2. The van der Waals surface area contributed by atoms with Crippen LogP contribution < -0.4 is 0 Å². The molecule has 0 heterocycles. The minimum absolute atomic E-state index is 0.262. The maximum absolute atomic E-state index is 4.87. The van der Waals surface area contributed by atoms with E-state index >= 15 is 0 Å². The molecule has 0 aliphatic rings. The molecule has 0 saturated heterocycles. The molecule has 0 N–H and O–H groups in total. The van der Waals surface area contributed by atoms with E-state index in [0.717, 1.165) is 6.61 Å². The quantitative estimate of drug-likeness (QED) is 0.529. The molecule has 0 aliphatic heterocycles. The summed E-state index contributed by atoms with van der Waals surface area (Å²) < 4.78 is 4.87. The zero-order valence-electron chi connectivity index (χ0n) is 3.31. The molecule has 0 spiro atoms. The first-order valence-corrected chi connectivity index (χ1v) is 6.10. The van der Waals surface area contributed by atoms with Crippen LogP contribution in [0.25, 0.3) is 0 Å². The summed E-state index contributed by atoms with van der Waals surface area (Å²) >= 11 is 6.73. The van der Waals surface area contributed by atoms with E-state index < -0.39 is 0 Å². The summed E-state index contributed by atoms with van der Waals surface area (Å²) in [6, 6.07) is 0. The topological polar surface area (TPSA) is 9.23 Å². The van der Waals surface area contributed by atoms with Crippen LogP contribution in [0.5, 0.6) is 0 Å². The van der Waals surface area contributed by atoms with Gasteiger partial charge in [-0.1, -0.05) is 0 Å². The predicted molar refractivity (Wildman–Crippen MR) is 40.4 cm³/mol. The SMILES string of the molecule is CCOS(=S)I. The Morgan fingerprint density at radius 1 is 2.00 bits per heavy atom. The van der Waals surface area contributed by atoms with E-state index in [1.807, 2.05) is 6.92 Å². The van der Waals surface area contributed by atoms with E-state index in [2.05, 4.69) is 32.4 Å². The van der Waals surface area contributed by atoms with Crippen LogP contribution in [-0.4, -0.2) is 6.61 Å². The van der Waals surface area contributed by atoms with E-state index in [-0.39, 0.29) is 6.91 Å². The van der Waals surface area contributed by atoms with Crippen LogP contribution in [0.2, 0.25) is 0 Å². The van der Waals surface area contributed by atoms with Gasteiger partial charge in [0.2, 0.25) is 0 Å². The molecule has 4 heteroatoms. The second-order valence-corrected chi connectivity index (χ2v) is 6.33. The lowest BCUT2D eigenvalue weighted by atomic mass is 10.9. The van der Waals surface area contributed by atoms with Gasteiger partial charge in [0.05, 0.1) is 13.5 Å². The predicted octanol–water partition coefficient (Wildman–Crippen LogP) is 1.37. The van der Waals surface area contributed by atoms with Crippen LogP contribution in [0.1, 0.15) is 6.92 Å². The first kappa shape index (κ1) is 7.26. The highest BCUT2D eigenvalue weighted by Gasteiger charge is 1.77. The van der Waals surface area contributed by atoms with Crippen molar-refractivity contribution in [2.75, 3.05) is 6.61 Å². The van der Waals surface area contributed by atoms with Crippen molar-refractivity contribution in [1.29, 1.82) is 0 Å². The molecule has 6 heavy (non-hydrogen) atoms. The molecular formula is C2H5IOS2. The fourth-order valence-corrected chi connectivity index (χ4v) is 1.33. The van der Waals surface area contributed by atoms with E-state index in [0.29, 0.717) is 0 Å². The van der Waals surface area contributed by atoms with Crippen LogP contribution in [0.15, 0.2) is 0 Å². The minimum atomic E-state index is -0.262. The highest BCUT2D eigenvalue weighted by atomic mass is 127. The molecule has 0 saturated carbocycles. The summed E-state index contributed by atoms with van der Waals surface area (Å²) in [4.78, 5) is 0. The Morgan fingerprint density at radius 2 is 2.50 bits per heavy atom. The molecule has 1 nitrogen and oxygen atoms in total. The monoisotopic (exact) mass is 236 g/mol. The van der Waals surface area contributed by atoms with Crippen molar-refractivity contribution in [3.63, 3.8) is 0 Å². The molecule has 0 aliphatic carbocycles. The third kappa shape index (κ3) is 5.26. The zero-order valence-corrected chi connectivity index (χ0v) is 7.10. The van der Waals surface area contributed by atoms with Gasteiger partial charge in [0.1, 0.15) is 0 Å². The van der Waals surface area contributed by atoms with Gasteiger partial charge in [0, 0.05) is 21.2 Å². The third-order valence-corrected chi connectivity index (χ3v) is 1.68. The van der Waals surface area contributed by atoms with Gasteiger partial charge in [0.15, 0.2) is 0 Å². The van der Waals surface area contributed by atoms with E-state index in [4.69, 9.17) is 4.18 Å². The molecule has 1 atom stereocenters. The van der Waals surface area contributed by atoms with Crippen LogP contribution in [0.4, 0.5) is 0 Å². The van der Waals surface area contributed by atoms with Gasteiger partial charge in [-0.2, -0.15) is 0 Å². The maximum atomic E-state index is 4.87. The molecule has 0 fully saturated rings. The van der Waals surface area contributed by atoms with Gasteiger partial charge in [-0.15, -0.1) is 0 Å². The maximum Gasteiger partial charge on any atom is 0.0714 e. The highest BCUT2D eigenvalue weighted by molar-refractivity contribution is 14.2. The van der Waals surface area contributed by atoms with Crippen LogP contribution in [0, 0.1) is 0 Å².